The Morgan fingerprint density at radius 1 is 0.584 bits per heavy atom. The van der Waals surface area contributed by atoms with Gasteiger partial charge in [0.1, 0.15) is 110 Å². The quantitative estimate of drug-likeness (QED) is 0.0262. The predicted octanol–water partition coefficient (Wildman–Crippen LogP) is -9.02. The smallest absolute Gasteiger partial charge is 0.390 e. The Balaban J connectivity index is 0.797. The number of aliphatic hydroxyl groups excluding tert-OH is 7. The molecule has 502 valence electrons. The lowest BCUT2D eigenvalue weighted by atomic mass is 9.84. The van der Waals surface area contributed by atoms with Crippen LogP contribution >= 0.6 is 15.6 Å². The average Bonchev–Trinajstić information content (AvgIpc) is 1.87. The van der Waals surface area contributed by atoms with Crippen LogP contribution in [0.3, 0.4) is 0 Å². The summed E-state index contributed by atoms with van der Waals surface area (Å²) in [4.78, 5) is 53.9. The third-order valence-corrected chi connectivity index (χ3v) is 18.0. The molecular weight excluding hydrogens is 1240 g/mol. The molecule has 1 saturated carbocycles. The van der Waals surface area contributed by atoms with Crippen LogP contribution in [0.2, 0.25) is 0 Å². The van der Waals surface area contributed by atoms with Gasteiger partial charge in [0.25, 0.3) is 0 Å². The van der Waals surface area contributed by atoms with Crippen LogP contribution in [0.1, 0.15) is 50.3 Å². The fourth-order valence-corrected chi connectivity index (χ4v) is 12.8. The fraction of sp³-hybridized carbons (Fsp3) is 0.787. The summed E-state index contributed by atoms with van der Waals surface area (Å²) in [6.07, 6.45) is -24.8. The van der Waals surface area contributed by atoms with Gasteiger partial charge < -0.3 is 129 Å². The second-order valence-electron chi connectivity index (χ2n) is 22.3. The molecular formula is C47H79N15O25P2. The van der Waals surface area contributed by atoms with E-state index in [0.29, 0.717) is 12.1 Å². The van der Waals surface area contributed by atoms with Gasteiger partial charge in [0.15, 0.2) is 18.9 Å². The summed E-state index contributed by atoms with van der Waals surface area (Å²) in [6, 6.07) is -2.01. The number of phosphoric acid groups is 2. The van der Waals surface area contributed by atoms with E-state index in [0.717, 1.165) is 9.13 Å². The summed E-state index contributed by atoms with van der Waals surface area (Å²) < 4.78 is 99.1. The number of aromatic nitrogens is 7. The minimum atomic E-state index is -5.09. The Labute approximate surface area is 505 Å². The first-order chi connectivity index (χ1) is 42.1. The van der Waals surface area contributed by atoms with Gasteiger partial charge in [0, 0.05) is 56.6 Å². The van der Waals surface area contributed by atoms with Crippen LogP contribution < -0.4 is 57.2 Å². The molecule has 25 N–H and O–H groups in total. The lowest BCUT2D eigenvalue weighted by Gasteiger charge is -2.47. The lowest BCUT2D eigenvalue weighted by Crippen LogP contribution is -2.68. The molecule has 0 amide bonds. The van der Waals surface area contributed by atoms with Gasteiger partial charge in [0.05, 0.1) is 56.4 Å². The van der Waals surface area contributed by atoms with Crippen molar-refractivity contribution in [3.05, 3.63) is 57.4 Å². The summed E-state index contributed by atoms with van der Waals surface area (Å²) in [5, 5.41) is 84.9. The standard InChI is InChI=1S/C47H79N15O25P2/c48-12-23-35(65)37(67)32(54)43(81-23)84-40-20(51)9-19(50)34(64)42(40)86-45-39(69)41(85-44-33(55)38(68)36(66)24(13-49)82-44)25(83-45)15-60-14-18(58-59-60)3-1-2-8-76-88(72,73)77-17-27-22(11-31(80-27)62-7-5-29(53)57-47(62)71)87-89(74,75)78-16-26-21(63)10-30(79-26)61-6-4-28(52)56-46(61)70/h4-7,14,19-27,30-45,63-69H,1-3,8-13,15-17,48-51,54-55H2,(H,72,73)(H,74,75)(H2,52,56,70)(H2,53,57,71)/t19-,20+,21+,22+,23-,24+,25-,26-,27-,30-,31-,32-,33-,34+,35-,36-,37-,38-,39-,40-,41-,42-,43-,44-,45+/m1/s1. The van der Waals surface area contributed by atoms with E-state index in [-0.39, 0.29) is 70.0 Å². The Morgan fingerprint density at radius 3 is 1.72 bits per heavy atom. The summed E-state index contributed by atoms with van der Waals surface area (Å²) in [5.41, 5.74) is 46.8. The molecule has 5 aliphatic heterocycles. The molecule has 0 spiro atoms. The van der Waals surface area contributed by atoms with Crippen molar-refractivity contribution < 1.29 is 111 Å². The van der Waals surface area contributed by atoms with E-state index in [9.17, 15) is 64.3 Å². The van der Waals surface area contributed by atoms with Crippen molar-refractivity contribution in [3.8, 4) is 0 Å². The molecule has 0 bridgehead atoms. The Hall–Kier alpha value is -4.12. The number of aryl methyl sites for hydroxylation is 1. The second-order valence-corrected chi connectivity index (χ2v) is 25.2. The van der Waals surface area contributed by atoms with Gasteiger partial charge in [-0.3, -0.25) is 27.2 Å². The molecule has 27 atom stereocenters. The van der Waals surface area contributed by atoms with E-state index in [4.69, 9.17) is 102 Å². The van der Waals surface area contributed by atoms with Crippen molar-refractivity contribution in [1.82, 2.24) is 34.1 Å². The average molecular weight is 1320 g/mol. The molecule has 3 aromatic rings. The van der Waals surface area contributed by atoms with Crippen LogP contribution in [0.5, 0.6) is 0 Å². The number of nitrogen functional groups attached to an aromatic ring is 2. The zero-order valence-electron chi connectivity index (χ0n) is 47.5. The molecule has 1 aliphatic carbocycles. The maximum Gasteiger partial charge on any atom is 0.472 e. The van der Waals surface area contributed by atoms with Crippen LogP contribution in [0, 0.1) is 0 Å². The zero-order valence-corrected chi connectivity index (χ0v) is 49.3. The number of nitrogens with two attached hydrogens (primary N) is 8. The number of hydrogen-bond acceptors (Lipinski definition) is 35. The maximum atomic E-state index is 13.4. The first-order valence-electron chi connectivity index (χ1n) is 28.4. The minimum absolute atomic E-state index is 0.00332. The van der Waals surface area contributed by atoms with Crippen molar-refractivity contribution in [3.63, 3.8) is 0 Å². The van der Waals surface area contributed by atoms with Gasteiger partial charge in [-0.05, 0) is 37.8 Å². The van der Waals surface area contributed by atoms with E-state index in [1.807, 2.05) is 0 Å². The first-order valence-corrected chi connectivity index (χ1v) is 31.4. The summed E-state index contributed by atoms with van der Waals surface area (Å²) in [5.74, 6) is -0.155. The predicted molar refractivity (Wildman–Crippen MR) is 295 cm³/mol. The van der Waals surface area contributed by atoms with E-state index in [1.165, 1.54) is 35.4 Å². The van der Waals surface area contributed by atoms with Gasteiger partial charge in [0.2, 0.25) is 0 Å². The summed E-state index contributed by atoms with van der Waals surface area (Å²) in [7, 11) is -9.98. The summed E-state index contributed by atoms with van der Waals surface area (Å²) >= 11 is 0. The number of unbranched alkanes of at least 4 members (excludes halogenated alkanes) is 1. The highest BCUT2D eigenvalue weighted by Crippen LogP contribution is 2.51. The third kappa shape index (κ3) is 16.5. The Morgan fingerprint density at radius 2 is 1.12 bits per heavy atom. The molecule has 8 heterocycles. The molecule has 0 aromatic carbocycles. The van der Waals surface area contributed by atoms with Gasteiger partial charge in [-0.25, -0.2) is 23.4 Å². The highest BCUT2D eigenvalue weighted by Gasteiger charge is 2.55. The molecule has 2 unspecified atom stereocenters. The number of hydrogen-bond donors (Lipinski definition) is 17. The van der Waals surface area contributed by atoms with Gasteiger partial charge in [-0.2, -0.15) is 9.97 Å². The van der Waals surface area contributed by atoms with Crippen molar-refractivity contribution in [2.75, 3.05) is 44.4 Å². The van der Waals surface area contributed by atoms with E-state index < -0.39 is 193 Å². The monoisotopic (exact) mass is 1320 g/mol. The molecule has 40 nitrogen and oxygen atoms in total. The Bertz CT molecular complexity index is 3040. The second kappa shape index (κ2) is 29.4. The molecule has 6 fully saturated rings. The molecule has 3 aromatic heterocycles. The maximum absolute atomic E-state index is 13.4. The number of aliphatic hydroxyl groups is 7. The molecule has 9 rings (SSSR count). The SMILES string of the molecule is NC[C@@H]1O[C@H](O[C@H]2[C@@H](O)[C@H](O[C@@H]3[C@@H](O)[C@H](N)C[C@H](N)[C@H]3O[C@H]3O[C@H](CN)[C@@H](O)[C@H](O)[C@H]3N)O[C@@H]2Cn2cc(CCCCOP(=O)(O)OC[C@H]3O[C@@H](n4ccc(N)nc4=O)C[C@@H]3OP(=O)(O)OC[C@H]3O[C@@H](n4ccc(N)nc4=O)C[C@@H]3O)nn2)[C@H](N)[C@@H](O)[C@@H]1O. The topological polar surface area (TPSA) is 636 Å². The van der Waals surface area contributed by atoms with Gasteiger partial charge >= 0.3 is 27.0 Å². The number of nitrogens with zero attached hydrogens (tertiary/aromatic N) is 7. The van der Waals surface area contributed by atoms with Crippen molar-refractivity contribution >= 4 is 27.3 Å². The largest absolute Gasteiger partial charge is 0.472 e. The lowest BCUT2D eigenvalue weighted by molar-refractivity contribution is -0.306. The molecule has 42 heteroatoms. The van der Waals surface area contributed by atoms with Gasteiger partial charge in [-0.15, -0.1) is 5.10 Å². The molecule has 0 radical (unpaired) electrons. The Kier molecular flexibility index (Phi) is 22.9. The normalized spacial score (nSPS) is 39.9. The van der Waals surface area contributed by atoms with Crippen LogP contribution in [-0.4, -0.2) is 253 Å². The van der Waals surface area contributed by atoms with Crippen LogP contribution in [0.25, 0.3) is 0 Å². The third-order valence-electron chi connectivity index (χ3n) is 16.0. The highest BCUT2D eigenvalue weighted by atomic mass is 31.2. The number of phosphoric ester groups is 2. The highest BCUT2D eigenvalue weighted by molar-refractivity contribution is 7.47. The number of anilines is 2. The number of rotatable bonds is 26. The molecule has 6 aliphatic rings. The van der Waals surface area contributed by atoms with E-state index >= 15 is 0 Å². The zero-order chi connectivity index (χ0) is 64.4. The molecule has 89 heavy (non-hydrogen) atoms. The van der Waals surface area contributed by atoms with E-state index in [2.05, 4.69) is 20.3 Å². The van der Waals surface area contributed by atoms with Crippen LogP contribution in [0.15, 0.2) is 40.3 Å². The number of ether oxygens (including phenoxy) is 8. The fourth-order valence-electron chi connectivity index (χ4n) is 11.1. The molecule has 5 saturated heterocycles. The van der Waals surface area contributed by atoms with Crippen LogP contribution in [0.4, 0.5) is 11.6 Å². The van der Waals surface area contributed by atoms with Crippen molar-refractivity contribution in [1.29, 1.82) is 0 Å². The minimum Gasteiger partial charge on any atom is -0.390 e. The summed E-state index contributed by atoms with van der Waals surface area (Å²) in [6.45, 7) is -2.52. The van der Waals surface area contributed by atoms with Crippen molar-refractivity contribution in [2.45, 2.75) is 198 Å². The van der Waals surface area contributed by atoms with Gasteiger partial charge in [-0.1, -0.05) is 5.21 Å². The van der Waals surface area contributed by atoms with Crippen molar-refractivity contribution in [2.24, 2.45) is 34.4 Å². The van der Waals surface area contributed by atoms with E-state index in [1.54, 1.807) is 0 Å². The first kappa shape index (κ1) is 69.2. The van der Waals surface area contributed by atoms with Crippen LogP contribution in [-0.2, 0) is 78.1 Å².